The summed E-state index contributed by atoms with van der Waals surface area (Å²) in [6.45, 7) is 6.29. The first-order valence-electron chi connectivity index (χ1n) is 8.68. The van der Waals surface area contributed by atoms with E-state index in [1.807, 2.05) is 6.07 Å². The molecule has 2 unspecified atom stereocenters. The molecule has 132 valence electrons. The minimum absolute atomic E-state index is 0.0741. The number of nitrogens with one attached hydrogen (secondary N) is 1. The van der Waals surface area contributed by atoms with Crippen molar-refractivity contribution in [3.05, 3.63) is 41.7 Å². The lowest BCUT2D eigenvalue weighted by molar-refractivity contribution is 0.206. The highest BCUT2D eigenvalue weighted by molar-refractivity contribution is 5.39. The van der Waals surface area contributed by atoms with Crippen LogP contribution in [0.25, 0.3) is 0 Å². The molecule has 2 aromatic rings. The van der Waals surface area contributed by atoms with Crippen LogP contribution >= 0.6 is 0 Å². The summed E-state index contributed by atoms with van der Waals surface area (Å²) in [5.41, 5.74) is -0.325. The van der Waals surface area contributed by atoms with Gasteiger partial charge in [-0.05, 0) is 51.3 Å². The molecule has 1 heterocycles. The normalized spacial score (nSPS) is 20.4. The van der Waals surface area contributed by atoms with E-state index in [1.54, 1.807) is 0 Å². The predicted octanol–water partition coefficient (Wildman–Crippen LogP) is 4.23. The second-order valence-electron chi connectivity index (χ2n) is 7.04. The molecule has 1 aliphatic carbocycles. The number of benzene rings is 1. The van der Waals surface area contributed by atoms with E-state index in [9.17, 15) is 4.39 Å². The predicted molar refractivity (Wildman–Crippen MR) is 98.1 cm³/mol. The number of halogens is 1. The van der Waals surface area contributed by atoms with Gasteiger partial charge in [0.1, 0.15) is 0 Å². The van der Waals surface area contributed by atoms with Crippen molar-refractivity contribution < 1.29 is 4.39 Å². The van der Waals surface area contributed by atoms with Crippen LogP contribution in [0.1, 0.15) is 44.5 Å². The highest BCUT2D eigenvalue weighted by Gasteiger charge is 2.29. The number of rotatable bonds is 6. The average Bonchev–Trinajstić information content (AvgIpc) is 3.01. The molecule has 6 heteroatoms. The van der Waals surface area contributed by atoms with Gasteiger partial charge in [-0.1, -0.05) is 36.8 Å². The molecule has 0 amide bonds. The number of aromatic nitrogens is 3. The molecule has 1 aromatic heterocycles. The van der Waals surface area contributed by atoms with E-state index in [2.05, 4.69) is 56.2 Å². The number of hydrogen-bond acceptors (Lipinski definition) is 5. The maximum atomic E-state index is 14.3. The van der Waals surface area contributed by atoms with E-state index in [1.165, 1.54) is 19.4 Å². The molecule has 0 spiro atoms. The quantitative estimate of drug-likeness (QED) is 0.799. The monoisotopic (exact) mass is 341 g/mol. The Morgan fingerprint density at radius 2 is 1.96 bits per heavy atom. The first kappa shape index (κ1) is 17.5. The van der Waals surface area contributed by atoms with Gasteiger partial charge in [0, 0.05) is 6.04 Å². The fourth-order valence-corrected chi connectivity index (χ4v) is 3.32. The second-order valence-corrected chi connectivity index (χ2v) is 7.04. The van der Waals surface area contributed by atoms with Crippen molar-refractivity contribution in [2.24, 2.45) is 10.9 Å². The summed E-state index contributed by atoms with van der Waals surface area (Å²) in [7, 11) is 0. The molecule has 0 bridgehead atoms. The van der Waals surface area contributed by atoms with Gasteiger partial charge >= 0.3 is 0 Å². The largest absolute Gasteiger partial charge is 0.351 e. The lowest BCUT2D eigenvalue weighted by Gasteiger charge is -2.22. The maximum Gasteiger partial charge on any atom is 0.253 e. The minimum atomic E-state index is -1.65. The Hall–Kier alpha value is -2.37. The number of anilines is 1. The first-order valence-corrected chi connectivity index (χ1v) is 8.68. The molecule has 1 fully saturated rings. The smallest absolute Gasteiger partial charge is 0.253 e. The zero-order valence-corrected chi connectivity index (χ0v) is 14.7. The minimum Gasteiger partial charge on any atom is -0.351 e. The summed E-state index contributed by atoms with van der Waals surface area (Å²) < 4.78 is 14.3. The van der Waals surface area contributed by atoms with Crippen molar-refractivity contribution in [2.45, 2.75) is 51.2 Å². The molecule has 0 aliphatic heterocycles. The maximum absolute atomic E-state index is 14.3. The fourth-order valence-electron chi connectivity index (χ4n) is 3.32. The topological polar surface area (TPSA) is 63.1 Å². The standard InChI is InChI=1S/C19H24FN5/c1-19(2,20)16-23-17(21-3)25-18(24-16)22-15-11-7-10-14(15)12-13-8-5-4-6-9-13/h4-6,8-9,14-15H,3,7,10-12H2,1-2H3,(H,22,23,24,25). The SMILES string of the molecule is C=Nc1nc(NC2CCCC2Cc2ccccc2)nc(C(C)(C)F)n1. The van der Waals surface area contributed by atoms with Crippen LogP contribution in [0.4, 0.5) is 16.3 Å². The molecule has 0 radical (unpaired) electrons. The van der Waals surface area contributed by atoms with Crippen LogP contribution in [0.3, 0.4) is 0 Å². The highest BCUT2D eigenvalue weighted by Crippen LogP contribution is 2.31. The third-order valence-electron chi connectivity index (χ3n) is 4.61. The Balaban J connectivity index is 1.77. The molecule has 0 saturated heterocycles. The third-order valence-corrected chi connectivity index (χ3v) is 4.61. The van der Waals surface area contributed by atoms with Crippen LogP contribution < -0.4 is 5.32 Å². The molecule has 1 saturated carbocycles. The zero-order valence-electron chi connectivity index (χ0n) is 14.7. The highest BCUT2D eigenvalue weighted by atomic mass is 19.1. The molecular formula is C19H24FN5. The van der Waals surface area contributed by atoms with Crippen molar-refractivity contribution in [3.63, 3.8) is 0 Å². The Morgan fingerprint density at radius 3 is 2.64 bits per heavy atom. The molecule has 1 aliphatic rings. The summed E-state index contributed by atoms with van der Waals surface area (Å²) >= 11 is 0. The van der Waals surface area contributed by atoms with E-state index in [4.69, 9.17) is 0 Å². The van der Waals surface area contributed by atoms with E-state index >= 15 is 0 Å². The van der Waals surface area contributed by atoms with Crippen LogP contribution in [0.15, 0.2) is 35.3 Å². The number of aliphatic imine (C=N–C) groups is 1. The van der Waals surface area contributed by atoms with Gasteiger partial charge in [-0.25, -0.2) is 9.38 Å². The molecule has 3 rings (SSSR count). The summed E-state index contributed by atoms with van der Waals surface area (Å²) in [5, 5.41) is 3.38. The Labute approximate surface area is 147 Å². The molecule has 5 nitrogen and oxygen atoms in total. The number of nitrogens with zero attached hydrogens (tertiary/aromatic N) is 4. The summed E-state index contributed by atoms with van der Waals surface area (Å²) in [6.07, 6.45) is 4.38. The molecule has 2 atom stereocenters. The van der Waals surface area contributed by atoms with Crippen LogP contribution in [-0.4, -0.2) is 27.7 Å². The van der Waals surface area contributed by atoms with Crippen molar-refractivity contribution >= 4 is 18.6 Å². The Morgan fingerprint density at radius 1 is 1.20 bits per heavy atom. The first-order chi connectivity index (χ1) is 12.0. The molecule has 1 aromatic carbocycles. The number of alkyl halides is 1. The van der Waals surface area contributed by atoms with Crippen molar-refractivity contribution in [1.82, 2.24) is 15.0 Å². The summed E-state index contributed by atoms with van der Waals surface area (Å²) in [4.78, 5) is 16.3. The van der Waals surface area contributed by atoms with E-state index < -0.39 is 5.67 Å². The fraction of sp³-hybridized carbons (Fsp3) is 0.474. The van der Waals surface area contributed by atoms with Gasteiger partial charge in [0.25, 0.3) is 5.95 Å². The van der Waals surface area contributed by atoms with Crippen molar-refractivity contribution in [1.29, 1.82) is 0 Å². The second kappa shape index (κ2) is 7.25. The Kier molecular flexibility index (Phi) is 5.06. The van der Waals surface area contributed by atoms with Gasteiger partial charge in [0.2, 0.25) is 5.95 Å². The average molecular weight is 341 g/mol. The van der Waals surface area contributed by atoms with Gasteiger partial charge in [0.15, 0.2) is 11.5 Å². The number of hydrogen-bond donors (Lipinski definition) is 1. The van der Waals surface area contributed by atoms with Crippen LogP contribution in [0.5, 0.6) is 0 Å². The van der Waals surface area contributed by atoms with Crippen LogP contribution in [0, 0.1) is 5.92 Å². The van der Waals surface area contributed by atoms with Crippen molar-refractivity contribution in [3.8, 4) is 0 Å². The lowest BCUT2D eigenvalue weighted by atomic mass is 9.95. The van der Waals surface area contributed by atoms with Gasteiger partial charge in [-0.2, -0.15) is 15.0 Å². The molecule has 1 N–H and O–H groups in total. The van der Waals surface area contributed by atoms with Gasteiger partial charge in [-0.15, -0.1) is 0 Å². The molecular weight excluding hydrogens is 317 g/mol. The lowest BCUT2D eigenvalue weighted by Crippen LogP contribution is -2.27. The van der Waals surface area contributed by atoms with E-state index in [0.717, 1.165) is 25.7 Å². The van der Waals surface area contributed by atoms with Gasteiger partial charge in [0.05, 0.1) is 0 Å². The van der Waals surface area contributed by atoms with Crippen molar-refractivity contribution in [2.75, 3.05) is 5.32 Å². The van der Waals surface area contributed by atoms with Crippen LogP contribution in [-0.2, 0) is 12.1 Å². The summed E-state index contributed by atoms with van der Waals surface area (Å²) in [5.74, 6) is 1.10. The Bertz CT molecular complexity index is 726. The third kappa shape index (κ3) is 4.38. The summed E-state index contributed by atoms with van der Waals surface area (Å²) in [6, 6.07) is 10.7. The van der Waals surface area contributed by atoms with Crippen LogP contribution in [0.2, 0.25) is 0 Å². The van der Waals surface area contributed by atoms with Gasteiger partial charge < -0.3 is 5.32 Å². The zero-order chi connectivity index (χ0) is 17.9. The van der Waals surface area contributed by atoms with E-state index in [0.29, 0.717) is 11.9 Å². The van der Waals surface area contributed by atoms with E-state index in [-0.39, 0.29) is 17.8 Å². The molecule has 25 heavy (non-hydrogen) atoms. The van der Waals surface area contributed by atoms with Gasteiger partial charge in [-0.3, -0.25) is 0 Å².